The standard InChI is InChI=1S/C7H10N6O2S/c1-5(13-4-2-3-9-13)6-10-7(12-11-6)16(8,14)15/h2-5H,1H3,(H2,8,14,15)(H,10,11,12). The number of primary sulfonamides is 1. The number of aromatic nitrogens is 5. The van der Waals surface area contributed by atoms with Crippen LogP contribution in [0.5, 0.6) is 0 Å². The fraction of sp³-hybridized carbons (Fsp3) is 0.286. The second-order valence-corrected chi connectivity index (χ2v) is 4.67. The van der Waals surface area contributed by atoms with E-state index >= 15 is 0 Å². The Bertz CT molecular complexity index is 572. The first-order chi connectivity index (χ1) is 7.48. The maximum Gasteiger partial charge on any atom is 0.282 e. The van der Waals surface area contributed by atoms with Gasteiger partial charge in [0.25, 0.3) is 15.2 Å². The van der Waals surface area contributed by atoms with Crippen LogP contribution in [0.15, 0.2) is 23.6 Å². The van der Waals surface area contributed by atoms with Gasteiger partial charge in [0.15, 0.2) is 0 Å². The van der Waals surface area contributed by atoms with Crippen molar-refractivity contribution in [3.63, 3.8) is 0 Å². The van der Waals surface area contributed by atoms with Gasteiger partial charge in [-0.2, -0.15) is 10.1 Å². The Balaban J connectivity index is 2.33. The Labute approximate surface area is 91.5 Å². The number of H-pyrrole nitrogens is 1. The lowest BCUT2D eigenvalue weighted by Crippen LogP contribution is -2.14. The zero-order valence-corrected chi connectivity index (χ0v) is 9.22. The van der Waals surface area contributed by atoms with Gasteiger partial charge in [-0.15, -0.1) is 5.10 Å². The summed E-state index contributed by atoms with van der Waals surface area (Å²) in [6, 6.07) is 1.52. The summed E-state index contributed by atoms with van der Waals surface area (Å²) in [7, 11) is -3.87. The van der Waals surface area contributed by atoms with E-state index in [1.807, 2.05) is 0 Å². The molecule has 16 heavy (non-hydrogen) atoms. The van der Waals surface area contributed by atoms with Crippen LogP contribution in [0, 0.1) is 0 Å². The summed E-state index contributed by atoms with van der Waals surface area (Å²) in [5, 5.41) is 14.5. The summed E-state index contributed by atoms with van der Waals surface area (Å²) in [5.74, 6) is 0.382. The van der Waals surface area contributed by atoms with Crippen molar-refractivity contribution in [3.05, 3.63) is 24.3 Å². The molecule has 9 heteroatoms. The van der Waals surface area contributed by atoms with E-state index in [1.165, 1.54) is 0 Å². The second kappa shape index (κ2) is 3.68. The summed E-state index contributed by atoms with van der Waals surface area (Å²) >= 11 is 0. The molecule has 0 fully saturated rings. The van der Waals surface area contributed by atoms with Crippen molar-refractivity contribution in [3.8, 4) is 0 Å². The number of nitrogens with two attached hydrogens (primary N) is 1. The first-order valence-electron chi connectivity index (χ1n) is 4.42. The molecular weight excluding hydrogens is 232 g/mol. The van der Waals surface area contributed by atoms with Gasteiger partial charge in [0.05, 0.1) is 0 Å². The van der Waals surface area contributed by atoms with Gasteiger partial charge in [-0.1, -0.05) is 0 Å². The van der Waals surface area contributed by atoms with Crippen LogP contribution in [0.3, 0.4) is 0 Å². The lowest BCUT2D eigenvalue weighted by atomic mass is 10.3. The number of hydrogen-bond acceptors (Lipinski definition) is 5. The van der Waals surface area contributed by atoms with E-state index in [0.717, 1.165) is 0 Å². The smallest absolute Gasteiger partial charge is 0.262 e. The SMILES string of the molecule is CC(c1nc(S(N)(=O)=O)n[nH]1)n1cccn1. The van der Waals surface area contributed by atoms with E-state index in [4.69, 9.17) is 5.14 Å². The highest BCUT2D eigenvalue weighted by molar-refractivity contribution is 7.89. The molecule has 86 valence electrons. The normalized spacial score (nSPS) is 13.9. The van der Waals surface area contributed by atoms with Gasteiger partial charge in [0.1, 0.15) is 11.9 Å². The summed E-state index contributed by atoms with van der Waals surface area (Å²) in [5.41, 5.74) is 0. The molecule has 3 N–H and O–H groups in total. The minimum Gasteiger partial charge on any atom is -0.262 e. The van der Waals surface area contributed by atoms with Crippen molar-refractivity contribution >= 4 is 10.0 Å². The monoisotopic (exact) mass is 242 g/mol. The maximum atomic E-state index is 11.0. The Morgan fingerprint density at radius 1 is 1.56 bits per heavy atom. The molecule has 2 heterocycles. The summed E-state index contributed by atoms with van der Waals surface area (Å²) in [6.45, 7) is 1.81. The zero-order chi connectivity index (χ0) is 11.8. The Hall–Kier alpha value is -1.74. The van der Waals surface area contributed by atoms with Crippen LogP contribution in [-0.4, -0.2) is 33.4 Å². The number of nitrogens with one attached hydrogen (secondary N) is 1. The summed E-state index contributed by atoms with van der Waals surface area (Å²) in [6.07, 6.45) is 3.36. The predicted molar refractivity (Wildman–Crippen MR) is 53.8 cm³/mol. The Morgan fingerprint density at radius 2 is 2.31 bits per heavy atom. The van der Waals surface area contributed by atoms with Crippen molar-refractivity contribution in [2.45, 2.75) is 18.1 Å². The van der Waals surface area contributed by atoms with Crippen LogP contribution in [0.2, 0.25) is 0 Å². The van der Waals surface area contributed by atoms with Gasteiger partial charge in [-0.25, -0.2) is 13.6 Å². The molecule has 0 spiro atoms. The van der Waals surface area contributed by atoms with E-state index < -0.39 is 15.2 Å². The molecule has 0 aliphatic carbocycles. The highest BCUT2D eigenvalue weighted by atomic mass is 32.2. The Kier molecular flexibility index (Phi) is 2.48. The third kappa shape index (κ3) is 1.95. The van der Waals surface area contributed by atoms with Crippen molar-refractivity contribution in [2.75, 3.05) is 0 Å². The molecule has 0 bridgehead atoms. The van der Waals surface area contributed by atoms with Gasteiger partial charge in [-0.05, 0) is 13.0 Å². The van der Waals surface area contributed by atoms with Crippen molar-refractivity contribution in [1.82, 2.24) is 25.0 Å². The van der Waals surface area contributed by atoms with Crippen LogP contribution < -0.4 is 5.14 Å². The van der Waals surface area contributed by atoms with E-state index in [9.17, 15) is 8.42 Å². The highest BCUT2D eigenvalue weighted by Crippen LogP contribution is 2.12. The third-order valence-electron chi connectivity index (χ3n) is 2.05. The van der Waals surface area contributed by atoms with Gasteiger partial charge >= 0.3 is 0 Å². The Morgan fingerprint density at radius 3 is 2.81 bits per heavy atom. The number of aromatic amines is 1. The minimum absolute atomic E-state index is 0.238. The topological polar surface area (TPSA) is 120 Å². The van der Waals surface area contributed by atoms with Crippen molar-refractivity contribution in [2.24, 2.45) is 5.14 Å². The molecule has 0 aromatic carbocycles. The molecule has 2 aromatic rings. The average molecular weight is 242 g/mol. The van der Waals surface area contributed by atoms with Gasteiger partial charge in [0, 0.05) is 12.4 Å². The van der Waals surface area contributed by atoms with E-state index in [2.05, 4.69) is 20.3 Å². The molecule has 0 aliphatic heterocycles. The lowest BCUT2D eigenvalue weighted by molar-refractivity contribution is 0.537. The molecular formula is C7H10N6O2S. The summed E-state index contributed by atoms with van der Waals surface area (Å²) < 4.78 is 23.5. The van der Waals surface area contributed by atoms with Gasteiger partial charge in [-0.3, -0.25) is 9.78 Å². The first kappa shape index (κ1) is 10.8. The van der Waals surface area contributed by atoms with Gasteiger partial charge < -0.3 is 0 Å². The second-order valence-electron chi connectivity index (χ2n) is 3.21. The number of rotatable bonds is 3. The molecule has 8 nitrogen and oxygen atoms in total. The molecule has 2 aromatic heterocycles. The van der Waals surface area contributed by atoms with E-state index in [1.54, 1.807) is 30.1 Å². The molecule has 0 aliphatic rings. The van der Waals surface area contributed by atoms with Crippen LogP contribution in [-0.2, 0) is 10.0 Å². The largest absolute Gasteiger partial charge is 0.282 e. The zero-order valence-electron chi connectivity index (χ0n) is 8.40. The first-order valence-corrected chi connectivity index (χ1v) is 5.97. The molecule has 1 atom stereocenters. The highest BCUT2D eigenvalue weighted by Gasteiger charge is 2.18. The molecule has 0 radical (unpaired) electrons. The lowest BCUT2D eigenvalue weighted by Gasteiger charge is -2.07. The third-order valence-corrected chi connectivity index (χ3v) is 2.75. The van der Waals surface area contributed by atoms with E-state index in [-0.39, 0.29) is 6.04 Å². The molecule has 2 rings (SSSR count). The molecule has 0 saturated carbocycles. The number of nitrogens with zero attached hydrogens (tertiary/aromatic N) is 4. The van der Waals surface area contributed by atoms with Crippen molar-refractivity contribution < 1.29 is 8.42 Å². The van der Waals surface area contributed by atoms with Crippen molar-refractivity contribution in [1.29, 1.82) is 0 Å². The van der Waals surface area contributed by atoms with Crippen LogP contribution in [0.4, 0.5) is 0 Å². The number of hydrogen-bond donors (Lipinski definition) is 2. The predicted octanol–water partition coefficient (Wildman–Crippen LogP) is -0.742. The quantitative estimate of drug-likeness (QED) is 0.734. The van der Waals surface area contributed by atoms with Gasteiger partial charge in [0.2, 0.25) is 0 Å². The summed E-state index contributed by atoms with van der Waals surface area (Å²) in [4.78, 5) is 3.80. The maximum absolute atomic E-state index is 11.0. The molecule has 1 unspecified atom stereocenters. The van der Waals surface area contributed by atoms with Crippen LogP contribution >= 0.6 is 0 Å². The fourth-order valence-corrected chi connectivity index (χ4v) is 1.61. The molecule has 0 saturated heterocycles. The van der Waals surface area contributed by atoms with Crippen LogP contribution in [0.25, 0.3) is 0 Å². The fourth-order valence-electron chi connectivity index (χ4n) is 1.21. The van der Waals surface area contributed by atoms with E-state index in [0.29, 0.717) is 5.82 Å². The minimum atomic E-state index is -3.87. The van der Waals surface area contributed by atoms with Crippen LogP contribution in [0.1, 0.15) is 18.8 Å². The average Bonchev–Trinajstić information content (AvgIpc) is 2.87. The number of sulfonamides is 1. The molecule has 0 amide bonds.